The molecule has 0 bridgehead atoms. The molecule has 0 aliphatic rings. The quantitative estimate of drug-likeness (QED) is 0.353. The van der Waals surface area contributed by atoms with E-state index in [1.165, 1.54) is 6.08 Å². The van der Waals surface area contributed by atoms with Gasteiger partial charge in [0, 0.05) is 19.2 Å². The minimum atomic E-state index is -0.293. The number of rotatable bonds is 9. The van der Waals surface area contributed by atoms with Crippen molar-refractivity contribution in [1.82, 2.24) is 5.32 Å². The van der Waals surface area contributed by atoms with Crippen LogP contribution in [0, 0.1) is 5.92 Å². The molecule has 1 atom stereocenters. The Balaban J connectivity index is 3.29. The molecule has 0 heterocycles. The summed E-state index contributed by atoms with van der Waals surface area (Å²) in [5.74, 6) is 0.0788. The molecule has 0 aromatic heterocycles. The Morgan fingerprint density at radius 3 is 2.94 bits per heavy atom. The van der Waals surface area contributed by atoms with Crippen LogP contribution in [0.3, 0.4) is 0 Å². The first-order valence-electron chi connectivity index (χ1n) is 5.85. The number of ether oxygens (including phenoxy) is 1. The van der Waals surface area contributed by atoms with Gasteiger partial charge in [-0.2, -0.15) is 0 Å². The molecular weight excluding hydrogens is 206 g/mol. The van der Waals surface area contributed by atoms with Crippen molar-refractivity contribution in [1.29, 1.82) is 0 Å². The van der Waals surface area contributed by atoms with E-state index in [0.717, 1.165) is 19.4 Å². The van der Waals surface area contributed by atoms with Crippen LogP contribution < -0.4 is 5.32 Å². The van der Waals surface area contributed by atoms with E-state index in [2.05, 4.69) is 5.32 Å². The smallest absolute Gasteiger partial charge is 0.330 e. The van der Waals surface area contributed by atoms with Crippen LogP contribution in [-0.4, -0.2) is 37.4 Å². The van der Waals surface area contributed by atoms with Gasteiger partial charge in [0.1, 0.15) is 0 Å². The molecule has 0 rings (SSSR count). The molecular formula is C12H23NO3. The Kier molecular flexibility index (Phi) is 10.1. The second kappa shape index (κ2) is 10.6. The third kappa shape index (κ3) is 9.68. The van der Waals surface area contributed by atoms with Gasteiger partial charge in [-0.05, 0) is 32.2 Å². The van der Waals surface area contributed by atoms with Gasteiger partial charge in [-0.25, -0.2) is 4.79 Å². The van der Waals surface area contributed by atoms with E-state index in [0.29, 0.717) is 19.1 Å². The highest BCUT2D eigenvalue weighted by atomic mass is 16.5. The predicted molar refractivity (Wildman–Crippen MR) is 64.1 cm³/mol. The molecule has 2 N–H and O–H groups in total. The SMILES string of the molecule is CCOC(=O)/C=C/CNCCCC(C)CO. The van der Waals surface area contributed by atoms with Crippen LogP contribution in [0.1, 0.15) is 26.7 Å². The number of aliphatic hydroxyl groups is 1. The van der Waals surface area contributed by atoms with Crippen molar-refractivity contribution in [3.05, 3.63) is 12.2 Å². The van der Waals surface area contributed by atoms with Crippen LogP contribution in [0.15, 0.2) is 12.2 Å². The van der Waals surface area contributed by atoms with E-state index in [1.54, 1.807) is 13.0 Å². The lowest BCUT2D eigenvalue weighted by Gasteiger charge is -2.06. The summed E-state index contributed by atoms with van der Waals surface area (Å²) in [5, 5.41) is 12.0. The summed E-state index contributed by atoms with van der Waals surface area (Å²) in [6.07, 6.45) is 5.25. The summed E-state index contributed by atoms with van der Waals surface area (Å²) in [7, 11) is 0. The van der Waals surface area contributed by atoms with Crippen LogP contribution in [0.2, 0.25) is 0 Å². The lowest BCUT2D eigenvalue weighted by molar-refractivity contribution is -0.137. The Morgan fingerprint density at radius 2 is 2.31 bits per heavy atom. The van der Waals surface area contributed by atoms with Crippen molar-refractivity contribution in [3.63, 3.8) is 0 Å². The van der Waals surface area contributed by atoms with Crippen LogP contribution in [0.25, 0.3) is 0 Å². The van der Waals surface area contributed by atoms with Crippen molar-refractivity contribution >= 4 is 5.97 Å². The summed E-state index contributed by atoms with van der Waals surface area (Å²) in [6.45, 7) is 6.05. The molecule has 1 unspecified atom stereocenters. The molecule has 4 nitrogen and oxygen atoms in total. The monoisotopic (exact) mass is 229 g/mol. The summed E-state index contributed by atoms with van der Waals surface area (Å²) in [4.78, 5) is 10.9. The van der Waals surface area contributed by atoms with E-state index >= 15 is 0 Å². The van der Waals surface area contributed by atoms with Crippen LogP contribution in [0.5, 0.6) is 0 Å². The maximum absolute atomic E-state index is 10.9. The van der Waals surface area contributed by atoms with Crippen molar-refractivity contribution in [2.24, 2.45) is 5.92 Å². The lowest BCUT2D eigenvalue weighted by atomic mass is 10.1. The van der Waals surface area contributed by atoms with Crippen molar-refractivity contribution in [3.8, 4) is 0 Å². The molecule has 0 spiro atoms. The second-order valence-electron chi connectivity index (χ2n) is 3.79. The third-order valence-electron chi connectivity index (χ3n) is 2.16. The van der Waals surface area contributed by atoms with Crippen molar-refractivity contribution in [2.45, 2.75) is 26.7 Å². The van der Waals surface area contributed by atoms with Gasteiger partial charge in [0.05, 0.1) is 6.61 Å². The zero-order chi connectivity index (χ0) is 12.2. The van der Waals surface area contributed by atoms with Crippen molar-refractivity contribution in [2.75, 3.05) is 26.3 Å². The van der Waals surface area contributed by atoms with Gasteiger partial charge in [-0.15, -0.1) is 0 Å². The Labute approximate surface area is 97.7 Å². The Morgan fingerprint density at radius 1 is 1.56 bits per heavy atom. The zero-order valence-corrected chi connectivity index (χ0v) is 10.2. The third-order valence-corrected chi connectivity index (χ3v) is 2.16. The summed E-state index contributed by atoms with van der Waals surface area (Å²) >= 11 is 0. The lowest BCUT2D eigenvalue weighted by Crippen LogP contribution is -2.16. The summed E-state index contributed by atoms with van der Waals surface area (Å²) in [5.41, 5.74) is 0. The summed E-state index contributed by atoms with van der Waals surface area (Å²) in [6, 6.07) is 0. The van der Waals surface area contributed by atoms with Crippen LogP contribution in [-0.2, 0) is 9.53 Å². The average Bonchev–Trinajstić information content (AvgIpc) is 2.27. The second-order valence-corrected chi connectivity index (χ2v) is 3.79. The molecule has 16 heavy (non-hydrogen) atoms. The number of carbonyl (C=O) groups is 1. The topological polar surface area (TPSA) is 58.6 Å². The maximum atomic E-state index is 10.9. The van der Waals surface area contributed by atoms with Gasteiger partial charge >= 0.3 is 5.97 Å². The van der Waals surface area contributed by atoms with E-state index in [9.17, 15) is 4.79 Å². The normalized spacial score (nSPS) is 12.9. The molecule has 0 saturated heterocycles. The van der Waals surface area contributed by atoms with Crippen LogP contribution >= 0.6 is 0 Å². The van der Waals surface area contributed by atoms with E-state index in [4.69, 9.17) is 9.84 Å². The van der Waals surface area contributed by atoms with Gasteiger partial charge < -0.3 is 15.2 Å². The molecule has 0 aromatic carbocycles. The molecule has 94 valence electrons. The highest BCUT2D eigenvalue weighted by Gasteiger charge is 1.98. The predicted octanol–water partition coefficient (Wildman–Crippen LogP) is 1.10. The number of esters is 1. The molecule has 0 amide bonds. The standard InChI is InChI=1S/C12H23NO3/c1-3-16-12(15)7-5-9-13-8-4-6-11(2)10-14/h5,7,11,13-14H,3-4,6,8-10H2,1-2H3/b7-5+. The first kappa shape index (κ1) is 15.1. The number of aliphatic hydroxyl groups excluding tert-OH is 1. The Bertz CT molecular complexity index is 204. The van der Waals surface area contributed by atoms with Gasteiger partial charge in [-0.1, -0.05) is 13.0 Å². The maximum Gasteiger partial charge on any atom is 0.330 e. The van der Waals surface area contributed by atoms with Gasteiger partial charge in [0.25, 0.3) is 0 Å². The van der Waals surface area contributed by atoms with Crippen LogP contribution in [0.4, 0.5) is 0 Å². The van der Waals surface area contributed by atoms with Gasteiger partial charge in [0.15, 0.2) is 0 Å². The first-order chi connectivity index (χ1) is 7.70. The van der Waals surface area contributed by atoms with Gasteiger partial charge in [-0.3, -0.25) is 0 Å². The minimum Gasteiger partial charge on any atom is -0.463 e. The number of nitrogens with one attached hydrogen (secondary N) is 1. The zero-order valence-electron chi connectivity index (χ0n) is 10.2. The molecule has 0 aliphatic carbocycles. The number of carbonyl (C=O) groups excluding carboxylic acids is 1. The molecule has 0 fully saturated rings. The number of hydrogen-bond donors (Lipinski definition) is 2. The molecule has 0 saturated carbocycles. The largest absolute Gasteiger partial charge is 0.463 e. The van der Waals surface area contributed by atoms with E-state index in [-0.39, 0.29) is 12.6 Å². The van der Waals surface area contributed by atoms with E-state index in [1.807, 2.05) is 6.92 Å². The van der Waals surface area contributed by atoms with Crippen molar-refractivity contribution < 1.29 is 14.6 Å². The number of hydrogen-bond acceptors (Lipinski definition) is 4. The summed E-state index contributed by atoms with van der Waals surface area (Å²) < 4.78 is 4.73. The highest BCUT2D eigenvalue weighted by Crippen LogP contribution is 2.02. The van der Waals surface area contributed by atoms with Gasteiger partial charge in [0.2, 0.25) is 0 Å². The van der Waals surface area contributed by atoms with E-state index < -0.39 is 0 Å². The molecule has 4 heteroatoms. The minimum absolute atomic E-state index is 0.253. The molecule has 0 aromatic rings. The first-order valence-corrected chi connectivity index (χ1v) is 5.85. The molecule has 0 aliphatic heterocycles. The Hall–Kier alpha value is -0.870. The molecule has 0 radical (unpaired) electrons. The average molecular weight is 229 g/mol. The fraction of sp³-hybridized carbons (Fsp3) is 0.750. The fourth-order valence-corrected chi connectivity index (χ4v) is 1.20. The fourth-order valence-electron chi connectivity index (χ4n) is 1.20. The highest BCUT2D eigenvalue weighted by molar-refractivity contribution is 5.81.